The first-order valence-corrected chi connectivity index (χ1v) is 13.3. The van der Waals surface area contributed by atoms with Gasteiger partial charge < -0.3 is 19.8 Å². The van der Waals surface area contributed by atoms with Crippen LogP contribution in [0.15, 0.2) is 46.9 Å². The van der Waals surface area contributed by atoms with Crippen molar-refractivity contribution in [3.8, 4) is 5.75 Å². The van der Waals surface area contributed by atoms with Crippen molar-refractivity contribution in [3.05, 3.63) is 63.1 Å². The van der Waals surface area contributed by atoms with Crippen molar-refractivity contribution < 1.29 is 19.7 Å². The van der Waals surface area contributed by atoms with E-state index >= 15 is 0 Å². The van der Waals surface area contributed by atoms with Crippen molar-refractivity contribution in [2.45, 2.75) is 38.0 Å². The molecular weight excluding hydrogens is 534 g/mol. The zero-order valence-electron chi connectivity index (χ0n) is 19.8. The van der Waals surface area contributed by atoms with E-state index in [0.717, 1.165) is 53.9 Å². The van der Waals surface area contributed by atoms with E-state index in [0.29, 0.717) is 50.7 Å². The average Bonchev–Trinajstić information content (AvgIpc) is 3.07. The molecule has 0 saturated carbocycles. The van der Waals surface area contributed by atoms with Gasteiger partial charge in [-0.3, -0.25) is 9.80 Å². The summed E-state index contributed by atoms with van der Waals surface area (Å²) in [5.41, 5.74) is 1.44. The molecule has 0 aromatic heterocycles. The number of aliphatic hydroxyl groups is 1. The quantitative estimate of drug-likeness (QED) is 0.506. The highest BCUT2D eigenvalue weighted by Crippen LogP contribution is 2.29. The van der Waals surface area contributed by atoms with Crippen molar-refractivity contribution in [3.63, 3.8) is 0 Å². The minimum absolute atomic E-state index is 0.473. The summed E-state index contributed by atoms with van der Waals surface area (Å²) in [7, 11) is 0. The largest absolute Gasteiger partial charge is 0.489 e. The lowest BCUT2D eigenvalue weighted by Crippen LogP contribution is -2.51. The molecule has 2 aromatic carbocycles. The molecule has 2 aliphatic heterocycles. The maximum atomic E-state index is 11.3. The number of likely N-dealkylation sites (tertiary alicyclic amines) is 1. The van der Waals surface area contributed by atoms with E-state index in [1.165, 1.54) is 4.90 Å². The number of hydrogen-bond acceptors (Lipinski definition) is 5. The highest BCUT2D eigenvalue weighted by atomic mass is 79.9. The van der Waals surface area contributed by atoms with Crippen LogP contribution in [-0.4, -0.2) is 82.4 Å². The molecule has 7 nitrogen and oxygen atoms in total. The molecule has 1 amide bonds. The fourth-order valence-corrected chi connectivity index (χ4v) is 5.35. The van der Waals surface area contributed by atoms with Gasteiger partial charge in [0.2, 0.25) is 0 Å². The summed E-state index contributed by atoms with van der Waals surface area (Å²) >= 11 is 9.57. The lowest BCUT2D eigenvalue weighted by molar-refractivity contribution is -0.0461. The summed E-state index contributed by atoms with van der Waals surface area (Å²) in [4.78, 5) is 17.3. The predicted octanol–water partition coefficient (Wildman–Crippen LogP) is 4.69. The van der Waals surface area contributed by atoms with Crippen LogP contribution in [0.3, 0.4) is 0 Å². The third-order valence-electron chi connectivity index (χ3n) is 6.89. The molecule has 0 atom stereocenters. The minimum atomic E-state index is -0.858. The van der Waals surface area contributed by atoms with Gasteiger partial charge in [-0.05, 0) is 55.2 Å². The molecule has 0 unspecified atom stereocenters. The Morgan fingerprint density at radius 3 is 2.46 bits per heavy atom. The topological polar surface area (TPSA) is 76.5 Å². The Kier molecular flexibility index (Phi) is 8.94. The third-order valence-corrected chi connectivity index (χ3v) is 7.63. The van der Waals surface area contributed by atoms with Crippen LogP contribution < -0.4 is 4.74 Å². The maximum Gasteiger partial charge on any atom is 0.407 e. The molecule has 0 spiro atoms. The maximum absolute atomic E-state index is 11.3. The predicted molar refractivity (Wildman–Crippen MR) is 140 cm³/mol. The smallest absolute Gasteiger partial charge is 0.407 e. The highest BCUT2D eigenvalue weighted by Gasteiger charge is 2.35. The van der Waals surface area contributed by atoms with Crippen LogP contribution in [-0.2, 0) is 13.2 Å². The van der Waals surface area contributed by atoms with Gasteiger partial charge in [-0.2, -0.15) is 0 Å². The van der Waals surface area contributed by atoms with Crippen molar-refractivity contribution in [2.24, 2.45) is 0 Å². The van der Waals surface area contributed by atoms with Crippen molar-refractivity contribution in [1.29, 1.82) is 0 Å². The molecule has 2 saturated heterocycles. The summed E-state index contributed by atoms with van der Waals surface area (Å²) in [6.45, 7) is 5.98. The number of nitrogens with zero attached hydrogens (tertiary/aromatic N) is 3. The Bertz CT molecular complexity index is 999. The summed E-state index contributed by atoms with van der Waals surface area (Å²) in [5, 5.41) is 21.2. The fraction of sp³-hybridized carbons (Fsp3) is 0.500. The molecule has 2 N–H and O–H groups in total. The van der Waals surface area contributed by atoms with E-state index in [4.69, 9.17) is 16.3 Å². The van der Waals surface area contributed by atoms with E-state index in [2.05, 4.69) is 31.8 Å². The van der Waals surface area contributed by atoms with Gasteiger partial charge in [-0.25, -0.2) is 4.79 Å². The van der Waals surface area contributed by atoms with Gasteiger partial charge in [-0.1, -0.05) is 39.7 Å². The Morgan fingerprint density at radius 1 is 1.00 bits per heavy atom. The Labute approximate surface area is 220 Å². The SMILES string of the molecule is O=C(O)N1CCCN(CC2(O)CCN(Cc3cc(Br)ccc3OCc3ccc(Cl)cc3)CC2)CC1. The lowest BCUT2D eigenvalue weighted by Gasteiger charge is -2.41. The van der Waals surface area contributed by atoms with Gasteiger partial charge in [-0.15, -0.1) is 0 Å². The number of carbonyl (C=O) groups is 1. The Balaban J connectivity index is 1.30. The van der Waals surface area contributed by atoms with Crippen LogP contribution in [0.4, 0.5) is 4.79 Å². The van der Waals surface area contributed by atoms with Crippen LogP contribution in [0.5, 0.6) is 5.75 Å². The molecule has 4 rings (SSSR count). The summed E-state index contributed by atoms with van der Waals surface area (Å²) in [6, 6.07) is 13.8. The Morgan fingerprint density at radius 2 is 1.74 bits per heavy atom. The average molecular weight is 567 g/mol. The van der Waals surface area contributed by atoms with Crippen LogP contribution in [0.25, 0.3) is 0 Å². The van der Waals surface area contributed by atoms with Gasteiger partial charge in [0.05, 0.1) is 5.60 Å². The normalized spacial score (nSPS) is 19.3. The van der Waals surface area contributed by atoms with Crippen molar-refractivity contribution >= 4 is 33.6 Å². The van der Waals surface area contributed by atoms with Crippen molar-refractivity contribution in [2.75, 3.05) is 45.8 Å². The number of hydrogen-bond donors (Lipinski definition) is 2. The molecule has 35 heavy (non-hydrogen) atoms. The van der Waals surface area contributed by atoms with Gasteiger partial charge in [0.25, 0.3) is 0 Å². The second kappa shape index (κ2) is 11.9. The monoisotopic (exact) mass is 565 g/mol. The van der Waals surface area contributed by atoms with Crippen LogP contribution in [0.2, 0.25) is 5.02 Å². The number of halogens is 2. The van der Waals surface area contributed by atoms with Crippen molar-refractivity contribution in [1.82, 2.24) is 14.7 Å². The number of benzene rings is 2. The van der Waals surface area contributed by atoms with E-state index in [-0.39, 0.29) is 0 Å². The van der Waals surface area contributed by atoms with E-state index in [1.54, 1.807) is 0 Å². The Hall–Kier alpha value is -1.84. The van der Waals surface area contributed by atoms with Crippen LogP contribution in [0, 0.1) is 0 Å². The number of carboxylic acid groups (broad SMARTS) is 1. The summed E-state index contributed by atoms with van der Waals surface area (Å²) in [5.74, 6) is 0.858. The first-order chi connectivity index (χ1) is 16.8. The zero-order chi connectivity index (χ0) is 24.8. The summed E-state index contributed by atoms with van der Waals surface area (Å²) < 4.78 is 7.16. The minimum Gasteiger partial charge on any atom is -0.489 e. The number of rotatable bonds is 7. The van der Waals surface area contributed by atoms with E-state index < -0.39 is 11.7 Å². The molecule has 0 bridgehead atoms. The highest BCUT2D eigenvalue weighted by molar-refractivity contribution is 9.10. The second-order valence-corrected chi connectivity index (χ2v) is 10.9. The molecule has 2 heterocycles. The fourth-order valence-electron chi connectivity index (χ4n) is 4.82. The third kappa shape index (κ3) is 7.57. The molecule has 2 aromatic rings. The zero-order valence-corrected chi connectivity index (χ0v) is 22.2. The van der Waals surface area contributed by atoms with E-state index in [1.807, 2.05) is 36.4 Å². The molecular formula is C26H33BrClN3O4. The first-order valence-electron chi connectivity index (χ1n) is 12.1. The van der Waals surface area contributed by atoms with Gasteiger partial charge in [0.1, 0.15) is 12.4 Å². The molecule has 2 fully saturated rings. The molecule has 9 heteroatoms. The van der Waals surface area contributed by atoms with Crippen LogP contribution >= 0.6 is 27.5 Å². The molecule has 2 aliphatic rings. The van der Waals surface area contributed by atoms with Gasteiger partial charge in [0.15, 0.2) is 0 Å². The lowest BCUT2D eigenvalue weighted by atomic mass is 9.90. The van der Waals surface area contributed by atoms with Gasteiger partial charge in [0, 0.05) is 67.4 Å². The summed E-state index contributed by atoms with van der Waals surface area (Å²) in [6.07, 6.45) is 1.33. The van der Waals surface area contributed by atoms with Gasteiger partial charge >= 0.3 is 6.09 Å². The number of amides is 1. The number of ether oxygens (including phenoxy) is 1. The standard InChI is InChI=1S/C26H33BrClN3O4/c27-22-4-7-24(35-18-20-2-5-23(28)6-3-20)21(16-22)17-29-12-8-26(34,9-13-29)19-30-10-1-11-31(15-14-30)25(32)33/h2-7,16,34H,1,8-15,17-19H2,(H,32,33). The number of β-amino-alcohol motifs (C(OH)–C–C–N with tert-alkyl or cyclic N) is 1. The second-order valence-electron chi connectivity index (χ2n) is 9.57. The van der Waals surface area contributed by atoms with Crippen LogP contribution in [0.1, 0.15) is 30.4 Å². The molecule has 0 radical (unpaired) electrons. The molecule has 0 aliphatic carbocycles. The molecule has 190 valence electrons. The first kappa shape index (κ1) is 26.2. The number of piperidine rings is 1. The van der Waals surface area contributed by atoms with E-state index in [9.17, 15) is 15.0 Å².